The third kappa shape index (κ3) is 3.19. The number of hydrogen-bond donors (Lipinski definition) is 1. The van der Waals surface area contributed by atoms with E-state index in [-0.39, 0.29) is 6.54 Å². The molecule has 1 N–H and O–H groups in total. The van der Waals surface area contributed by atoms with E-state index >= 15 is 0 Å². The van der Waals surface area contributed by atoms with Crippen molar-refractivity contribution >= 4 is 11.8 Å². The summed E-state index contributed by atoms with van der Waals surface area (Å²) in [6.45, 7) is 6.01. The van der Waals surface area contributed by atoms with E-state index in [0.717, 1.165) is 11.3 Å². The minimum Gasteiger partial charge on any atom is -0.480 e. The Balaban J connectivity index is 3.35. The molecule has 0 fully saturated rings. The highest BCUT2D eigenvalue weighted by Gasteiger charge is 2.19. The van der Waals surface area contributed by atoms with Crippen LogP contribution in [-0.2, 0) is 17.6 Å². The van der Waals surface area contributed by atoms with Crippen LogP contribution in [0.5, 0.6) is 0 Å². The predicted octanol–water partition coefficient (Wildman–Crippen LogP) is 1.38. The van der Waals surface area contributed by atoms with Crippen LogP contribution in [-0.4, -0.2) is 34.4 Å². The third-order valence-corrected chi connectivity index (χ3v) is 2.95. The van der Waals surface area contributed by atoms with Gasteiger partial charge < -0.3 is 10.0 Å². The summed E-state index contributed by atoms with van der Waals surface area (Å²) in [5, 5.41) is 26.4. The SMILES string of the molecule is CCc1nnc(N(CC)CC(=O)O)c(C#N)c1CC. The Labute approximate surface area is 112 Å². The van der Waals surface area contributed by atoms with Gasteiger partial charge in [0.1, 0.15) is 18.2 Å². The number of nitrogens with zero attached hydrogens (tertiary/aromatic N) is 4. The zero-order valence-corrected chi connectivity index (χ0v) is 11.5. The van der Waals surface area contributed by atoms with Gasteiger partial charge in [-0.1, -0.05) is 13.8 Å². The van der Waals surface area contributed by atoms with Crippen LogP contribution in [0, 0.1) is 11.3 Å². The molecule has 0 atom stereocenters. The van der Waals surface area contributed by atoms with Gasteiger partial charge in [-0.3, -0.25) is 4.79 Å². The van der Waals surface area contributed by atoms with Gasteiger partial charge in [-0.05, 0) is 25.3 Å². The lowest BCUT2D eigenvalue weighted by molar-refractivity contribution is -0.135. The molecule has 0 spiro atoms. The lowest BCUT2D eigenvalue weighted by atomic mass is 10.0. The summed E-state index contributed by atoms with van der Waals surface area (Å²) in [6.07, 6.45) is 1.38. The summed E-state index contributed by atoms with van der Waals surface area (Å²) in [4.78, 5) is 12.4. The van der Waals surface area contributed by atoms with Crippen LogP contribution >= 0.6 is 0 Å². The fourth-order valence-electron chi connectivity index (χ4n) is 2.00. The Hall–Kier alpha value is -2.16. The molecule has 6 heteroatoms. The summed E-state index contributed by atoms with van der Waals surface area (Å²) in [5.74, 6) is -0.591. The molecule has 1 aromatic rings. The van der Waals surface area contributed by atoms with Crippen LogP contribution in [0.2, 0.25) is 0 Å². The van der Waals surface area contributed by atoms with Crippen molar-refractivity contribution in [2.45, 2.75) is 33.6 Å². The van der Waals surface area contributed by atoms with E-state index in [1.54, 1.807) is 4.90 Å². The van der Waals surface area contributed by atoms with Crippen molar-refractivity contribution in [2.24, 2.45) is 0 Å². The lowest BCUT2D eigenvalue weighted by Crippen LogP contribution is -2.31. The molecule has 0 unspecified atom stereocenters. The third-order valence-electron chi connectivity index (χ3n) is 2.95. The number of carboxylic acid groups (broad SMARTS) is 1. The number of hydrogen-bond acceptors (Lipinski definition) is 5. The van der Waals surface area contributed by atoms with Crippen molar-refractivity contribution in [3.05, 3.63) is 16.8 Å². The Morgan fingerprint density at radius 3 is 2.42 bits per heavy atom. The Kier molecular flexibility index (Phi) is 5.24. The topological polar surface area (TPSA) is 90.1 Å². The van der Waals surface area contributed by atoms with Gasteiger partial charge in [-0.25, -0.2) is 0 Å². The molecule has 0 aliphatic rings. The van der Waals surface area contributed by atoms with Crippen molar-refractivity contribution in [3.8, 4) is 6.07 Å². The van der Waals surface area contributed by atoms with E-state index in [2.05, 4.69) is 16.3 Å². The maximum absolute atomic E-state index is 10.8. The highest BCUT2D eigenvalue weighted by Crippen LogP contribution is 2.22. The van der Waals surface area contributed by atoms with Gasteiger partial charge in [0, 0.05) is 6.54 Å². The lowest BCUT2D eigenvalue weighted by Gasteiger charge is -2.21. The number of carbonyl (C=O) groups is 1. The minimum atomic E-state index is -0.954. The molecule has 0 aliphatic carbocycles. The molecule has 0 amide bonds. The van der Waals surface area contributed by atoms with E-state index < -0.39 is 5.97 Å². The molecule has 102 valence electrons. The number of likely N-dealkylation sites (N-methyl/N-ethyl adjacent to an activating group) is 1. The van der Waals surface area contributed by atoms with Gasteiger partial charge >= 0.3 is 5.97 Å². The van der Waals surface area contributed by atoms with Crippen LogP contribution < -0.4 is 4.90 Å². The molecule has 0 radical (unpaired) electrons. The highest BCUT2D eigenvalue weighted by molar-refractivity contribution is 5.74. The molecule has 0 aliphatic heterocycles. The van der Waals surface area contributed by atoms with Gasteiger partial charge in [0.15, 0.2) is 5.82 Å². The van der Waals surface area contributed by atoms with Gasteiger partial charge in [-0.15, -0.1) is 5.10 Å². The molecule has 1 aromatic heterocycles. The van der Waals surface area contributed by atoms with Gasteiger partial charge in [0.25, 0.3) is 0 Å². The summed E-state index contributed by atoms with van der Waals surface area (Å²) in [5.41, 5.74) is 2.10. The van der Waals surface area contributed by atoms with E-state index in [1.807, 2.05) is 20.8 Å². The van der Waals surface area contributed by atoms with Crippen LogP contribution in [0.15, 0.2) is 0 Å². The maximum Gasteiger partial charge on any atom is 0.323 e. The Morgan fingerprint density at radius 1 is 1.32 bits per heavy atom. The van der Waals surface area contributed by atoms with Crippen molar-refractivity contribution in [1.82, 2.24) is 10.2 Å². The zero-order chi connectivity index (χ0) is 14.4. The summed E-state index contributed by atoms with van der Waals surface area (Å²) < 4.78 is 0. The van der Waals surface area contributed by atoms with Crippen molar-refractivity contribution in [1.29, 1.82) is 5.26 Å². The van der Waals surface area contributed by atoms with Gasteiger partial charge in [-0.2, -0.15) is 10.4 Å². The summed E-state index contributed by atoms with van der Waals surface area (Å²) in [7, 11) is 0. The number of anilines is 1. The first-order valence-corrected chi connectivity index (χ1v) is 6.34. The quantitative estimate of drug-likeness (QED) is 0.833. The predicted molar refractivity (Wildman–Crippen MR) is 71.0 cm³/mol. The fraction of sp³-hybridized carbons (Fsp3) is 0.538. The second-order valence-corrected chi connectivity index (χ2v) is 4.05. The van der Waals surface area contributed by atoms with Gasteiger partial charge in [0.05, 0.1) is 5.69 Å². The monoisotopic (exact) mass is 262 g/mol. The van der Waals surface area contributed by atoms with Crippen LogP contribution in [0.25, 0.3) is 0 Å². The number of nitriles is 1. The molecule has 1 heterocycles. The van der Waals surface area contributed by atoms with Crippen molar-refractivity contribution < 1.29 is 9.90 Å². The van der Waals surface area contributed by atoms with E-state index in [4.69, 9.17) is 5.11 Å². The molecular weight excluding hydrogens is 244 g/mol. The molecule has 0 aromatic carbocycles. The first-order valence-electron chi connectivity index (χ1n) is 6.34. The smallest absolute Gasteiger partial charge is 0.323 e. The zero-order valence-electron chi connectivity index (χ0n) is 11.5. The normalized spacial score (nSPS) is 10.0. The summed E-state index contributed by atoms with van der Waals surface area (Å²) >= 11 is 0. The molecule has 0 saturated carbocycles. The number of carboxylic acids is 1. The second-order valence-electron chi connectivity index (χ2n) is 4.05. The Bertz CT molecular complexity index is 508. The summed E-state index contributed by atoms with van der Waals surface area (Å²) in [6, 6.07) is 2.14. The largest absolute Gasteiger partial charge is 0.480 e. The Morgan fingerprint density at radius 2 is 2.00 bits per heavy atom. The molecule has 0 saturated heterocycles. The van der Waals surface area contributed by atoms with Crippen molar-refractivity contribution in [3.63, 3.8) is 0 Å². The second kappa shape index (κ2) is 6.69. The molecule has 6 nitrogen and oxygen atoms in total. The number of aryl methyl sites for hydroxylation is 1. The molecule has 0 bridgehead atoms. The standard InChI is InChI=1S/C13H18N4O2/c1-4-9-10(7-14)13(16-15-11(9)5-2)17(6-3)8-12(18)19/h4-6,8H2,1-3H3,(H,18,19). The first-order chi connectivity index (χ1) is 9.08. The molecule has 19 heavy (non-hydrogen) atoms. The maximum atomic E-state index is 10.8. The van der Waals surface area contributed by atoms with Crippen molar-refractivity contribution in [2.75, 3.05) is 18.0 Å². The highest BCUT2D eigenvalue weighted by atomic mass is 16.4. The average Bonchev–Trinajstić information content (AvgIpc) is 2.42. The number of aromatic nitrogens is 2. The average molecular weight is 262 g/mol. The molecular formula is C13H18N4O2. The fourth-order valence-corrected chi connectivity index (χ4v) is 2.00. The van der Waals surface area contributed by atoms with Crippen LogP contribution in [0.4, 0.5) is 5.82 Å². The number of rotatable bonds is 6. The van der Waals surface area contributed by atoms with E-state index in [9.17, 15) is 10.1 Å². The van der Waals surface area contributed by atoms with E-state index in [1.165, 1.54) is 0 Å². The number of aliphatic carboxylic acids is 1. The molecule has 1 rings (SSSR count). The van der Waals surface area contributed by atoms with Gasteiger partial charge in [0.2, 0.25) is 0 Å². The van der Waals surface area contributed by atoms with E-state index in [0.29, 0.717) is 30.8 Å². The first kappa shape index (κ1) is 14.9. The van der Waals surface area contributed by atoms with Crippen LogP contribution in [0.3, 0.4) is 0 Å². The minimum absolute atomic E-state index is 0.186. The van der Waals surface area contributed by atoms with Crippen LogP contribution in [0.1, 0.15) is 37.6 Å².